The SMILES string of the molecule is CC[C@H](C)[C@@H]1NC(=O)[C@H](NC(=O)[C@@H](CC(C)C)NC)[C@@H](C)OC(=O)[C@H](Cc2ccc(OC)cc2)N(C)C(=O)[C@@H]2CCCN2C(=O)[C@H](CC(C)C)NC(=O)[C@@H](C)[C@H](O)[C@H](C(C)C)OC(=O)C[C@@H]1O. The Kier molecular flexibility index (Phi) is 22.0. The van der Waals surface area contributed by atoms with Crippen LogP contribution in [0.3, 0.4) is 0 Å². The van der Waals surface area contributed by atoms with Crippen LogP contribution in [0.1, 0.15) is 113 Å². The van der Waals surface area contributed by atoms with E-state index in [0.29, 0.717) is 30.6 Å². The molecule has 18 heteroatoms. The van der Waals surface area contributed by atoms with Gasteiger partial charge >= 0.3 is 11.9 Å². The van der Waals surface area contributed by atoms with Crippen molar-refractivity contribution in [3.8, 4) is 5.75 Å². The summed E-state index contributed by atoms with van der Waals surface area (Å²) < 4.78 is 17.2. The zero-order valence-electron chi connectivity index (χ0n) is 42.0. The molecule has 3 rings (SSSR count). The lowest BCUT2D eigenvalue weighted by molar-refractivity contribution is -0.166. The van der Waals surface area contributed by atoms with Crippen LogP contribution in [-0.4, -0.2) is 150 Å². The Bertz CT molecular complexity index is 1830. The van der Waals surface area contributed by atoms with Crippen LogP contribution in [0, 0.1) is 29.6 Å². The summed E-state index contributed by atoms with van der Waals surface area (Å²) in [6.45, 7) is 17.8. The zero-order valence-corrected chi connectivity index (χ0v) is 42.0. The van der Waals surface area contributed by atoms with E-state index in [1.165, 1.54) is 37.8 Å². The van der Waals surface area contributed by atoms with E-state index in [1.54, 1.807) is 52.1 Å². The second-order valence-corrected chi connectivity index (χ2v) is 19.7. The van der Waals surface area contributed by atoms with Gasteiger partial charge in [0, 0.05) is 20.0 Å². The molecule has 0 spiro atoms. The maximum absolute atomic E-state index is 14.7. The van der Waals surface area contributed by atoms with Crippen molar-refractivity contribution in [3.63, 3.8) is 0 Å². The predicted molar refractivity (Wildman–Crippen MR) is 251 cm³/mol. The Hall–Kier alpha value is -4.81. The second-order valence-electron chi connectivity index (χ2n) is 19.7. The molecule has 2 saturated heterocycles. The average molecular weight is 945 g/mol. The highest BCUT2D eigenvalue weighted by Crippen LogP contribution is 2.26. The molecule has 67 heavy (non-hydrogen) atoms. The van der Waals surface area contributed by atoms with Crippen molar-refractivity contribution in [2.24, 2.45) is 29.6 Å². The van der Waals surface area contributed by atoms with E-state index in [-0.39, 0.29) is 37.6 Å². The van der Waals surface area contributed by atoms with Gasteiger partial charge in [-0.1, -0.05) is 80.9 Å². The van der Waals surface area contributed by atoms with E-state index in [2.05, 4.69) is 21.3 Å². The lowest BCUT2D eigenvalue weighted by Gasteiger charge is -2.35. The molecule has 2 aliphatic heterocycles. The van der Waals surface area contributed by atoms with Crippen molar-refractivity contribution >= 4 is 41.5 Å². The minimum absolute atomic E-state index is 0.0418. The van der Waals surface area contributed by atoms with Gasteiger partial charge < -0.3 is 55.5 Å². The summed E-state index contributed by atoms with van der Waals surface area (Å²) in [5, 5.41) is 34.6. The summed E-state index contributed by atoms with van der Waals surface area (Å²) in [5.41, 5.74) is 0.638. The Morgan fingerprint density at radius 1 is 0.910 bits per heavy atom. The van der Waals surface area contributed by atoms with Gasteiger partial charge in [0.1, 0.15) is 48.2 Å². The fourth-order valence-corrected chi connectivity index (χ4v) is 8.71. The molecule has 0 radical (unpaired) electrons. The van der Waals surface area contributed by atoms with Crippen LogP contribution in [0.2, 0.25) is 0 Å². The average Bonchev–Trinajstić information content (AvgIpc) is 3.77. The summed E-state index contributed by atoms with van der Waals surface area (Å²) in [4.78, 5) is 102. The number of hydrogen-bond acceptors (Lipinski definition) is 13. The molecule has 378 valence electrons. The van der Waals surface area contributed by atoms with Gasteiger partial charge in [0.2, 0.25) is 29.5 Å². The Morgan fingerprint density at radius 3 is 2.10 bits per heavy atom. The van der Waals surface area contributed by atoms with E-state index >= 15 is 0 Å². The maximum Gasteiger partial charge on any atom is 0.329 e. The first-order valence-corrected chi connectivity index (χ1v) is 24.0. The van der Waals surface area contributed by atoms with Gasteiger partial charge in [-0.25, -0.2) is 4.79 Å². The topological polar surface area (TPSA) is 242 Å². The molecule has 2 aliphatic rings. The molecule has 5 amide bonds. The molecule has 0 aliphatic carbocycles. The fourth-order valence-electron chi connectivity index (χ4n) is 8.71. The number of nitrogens with zero attached hydrogens (tertiary/aromatic N) is 2. The molecule has 0 saturated carbocycles. The van der Waals surface area contributed by atoms with Gasteiger partial charge in [-0.3, -0.25) is 28.8 Å². The van der Waals surface area contributed by atoms with Crippen LogP contribution in [0.5, 0.6) is 5.75 Å². The number of likely N-dealkylation sites (N-methyl/N-ethyl adjacent to an activating group) is 2. The Morgan fingerprint density at radius 2 is 1.55 bits per heavy atom. The molecule has 1 aromatic rings. The van der Waals surface area contributed by atoms with Crippen LogP contribution in [0.25, 0.3) is 0 Å². The number of carbonyl (C=O) groups is 7. The largest absolute Gasteiger partial charge is 0.497 e. The normalized spacial score (nSPS) is 28.9. The van der Waals surface area contributed by atoms with Crippen LogP contribution in [-0.2, 0) is 49.5 Å². The standard InChI is InChI=1S/C49H80N6O12/c1-14-29(8)40-38(56)25-39(57)67-43(28(6)7)42(58)30(9)44(59)51-35(23-27(4)5)47(62)55-21-15-16-36(55)48(63)54(12)37(24-32-17-19-33(65-13)20-18-32)49(64)66-31(10)41(46(61)52-40)53-45(60)34(50-11)22-26(2)3/h17-20,26-31,34-38,40-43,50,56,58H,14-16,21-25H2,1-13H3,(H,51,59)(H,52,61)(H,53,60)/t29-,30-,31+,34+,35-,36-,37-,38-,40-,41+,42-,43-/m0/s1. The summed E-state index contributed by atoms with van der Waals surface area (Å²) in [5.74, 6) is -6.42. The van der Waals surface area contributed by atoms with Crippen molar-refractivity contribution in [1.82, 2.24) is 31.1 Å². The number of hydrogen-bond donors (Lipinski definition) is 6. The molecule has 18 nitrogen and oxygen atoms in total. The first kappa shape index (κ1) is 56.5. The number of nitrogens with one attached hydrogen (secondary N) is 4. The number of rotatable bonds is 13. The van der Waals surface area contributed by atoms with Gasteiger partial charge in [0.25, 0.3) is 0 Å². The molecule has 2 heterocycles. The van der Waals surface area contributed by atoms with Crippen LogP contribution < -0.4 is 26.0 Å². The predicted octanol–water partition coefficient (Wildman–Crippen LogP) is 2.50. The summed E-state index contributed by atoms with van der Waals surface area (Å²) >= 11 is 0. The van der Waals surface area contributed by atoms with Gasteiger partial charge in [-0.15, -0.1) is 0 Å². The number of benzene rings is 1. The number of carbonyl (C=O) groups excluding carboxylic acids is 7. The Labute approximate surface area is 397 Å². The minimum atomic E-state index is -1.53. The van der Waals surface area contributed by atoms with Crippen LogP contribution >= 0.6 is 0 Å². The van der Waals surface area contributed by atoms with Crippen LogP contribution in [0.15, 0.2) is 24.3 Å². The fraction of sp³-hybridized carbons (Fsp3) is 0.735. The number of aliphatic hydroxyl groups excluding tert-OH is 2. The maximum atomic E-state index is 14.7. The van der Waals surface area contributed by atoms with Crippen molar-refractivity contribution in [2.45, 2.75) is 175 Å². The quantitative estimate of drug-likeness (QED) is 0.156. The van der Waals surface area contributed by atoms with Crippen LogP contribution in [0.4, 0.5) is 0 Å². The van der Waals surface area contributed by atoms with Gasteiger partial charge in [-0.2, -0.15) is 0 Å². The first-order valence-electron chi connectivity index (χ1n) is 24.0. The van der Waals surface area contributed by atoms with E-state index < -0.39 is 126 Å². The van der Waals surface area contributed by atoms with Gasteiger partial charge in [0.15, 0.2) is 0 Å². The molecule has 1 aromatic carbocycles. The third kappa shape index (κ3) is 15.6. The molecular formula is C49H80N6O12. The molecular weight excluding hydrogens is 865 g/mol. The minimum Gasteiger partial charge on any atom is -0.497 e. The molecule has 6 N–H and O–H groups in total. The van der Waals surface area contributed by atoms with E-state index in [1.807, 2.05) is 34.6 Å². The second kappa shape index (κ2) is 26.1. The summed E-state index contributed by atoms with van der Waals surface area (Å²) in [6, 6.07) is 0.165. The number of aliphatic hydroxyl groups is 2. The molecule has 0 unspecified atom stereocenters. The number of ether oxygens (including phenoxy) is 3. The third-order valence-corrected chi connectivity index (χ3v) is 13.1. The lowest BCUT2D eigenvalue weighted by Crippen LogP contribution is -2.61. The monoisotopic (exact) mass is 945 g/mol. The van der Waals surface area contributed by atoms with Gasteiger partial charge in [-0.05, 0) is 81.0 Å². The van der Waals surface area contributed by atoms with Crippen molar-refractivity contribution in [2.75, 3.05) is 27.7 Å². The molecule has 0 bridgehead atoms. The Balaban J connectivity index is 2.23. The first-order chi connectivity index (χ1) is 31.4. The van der Waals surface area contributed by atoms with Gasteiger partial charge in [0.05, 0.1) is 37.6 Å². The number of amides is 5. The van der Waals surface area contributed by atoms with Crippen molar-refractivity contribution < 1.29 is 58.0 Å². The highest BCUT2D eigenvalue weighted by atomic mass is 16.6. The van der Waals surface area contributed by atoms with Crippen molar-refractivity contribution in [3.05, 3.63) is 29.8 Å². The highest BCUT2D eigenvalue weighted by molar-refractivity contribution is 5.95. The summed E-state index contributed by atoms with van der Waals surface area (Å²) in [6.07, 6.45) is -4.46. The van der Waals surface area contributed by atoms with Crippen molar-refractivity contribution in [1.29, 1.82) is 0 Å². The number of cyclic esters (lactones) is 2. The molecule has 0 aromatic heterocycles. The van der Waals surface area contributed by atoms with E-state index in [9.17, 15) is 43.8 Å². The van der Waals surface area contributed by atoms with E-state index in [4.69, 9.17) is 14.2 Å². The molecule has 2 fully saturated rings. The lowest BCUT2D eigenvalue weighted by atomic mass is 9.90. The number of methoxy groups -OCH3 is 1. The zero-order chi connectivity index (χ0) is 50.4. The smallest absolute Gasteiger partial charge is 0.329 e. The van der Waals surface area contributed by atoms with E-state index in [0.717, 1.165) is 0 Å². The number of esters is 2. The highest BCUT2D eigenvalue weighted by Gasteiger charge is 2.44. The third-order valence-electron chi connectivity index (χ3n) is 13.1. The summed E-state index contributed by atoms with van der Waals surface area (Å²) in [7, 11) is 4.58. The number of fused-ring (bicyclic) bond motifs is 1. The molecule has 12 atom stereocenters.